The van der Waals surface area contributed by atoms with Crippen molar-refractivity contribution in [3.63, 3.8) is 0 Å². The maximum absolute atomic E-state index is 2.58. The molecular formula is C64H45N. The minimum Gasteiger partial charge on any atom is -0.309 e. The maximum Gasteiger partial charge on any atom is 0.0726 e. The molecule has 10 aromatic carbocycles. The van der Waals surface area contributed by atoms with E-state index in [0.717, 1.165) is 17.1 Å². The van der Waals surface area contributed by atoms with Crippen LogP contribution in [-0.2, 0) is 10.8 Å². The molecule has 0 amide bonds. The summed E-state index contributed by atoms with van der Waals surface area (Å²) in [4.78, 5) is 2.58. The second-order valence-electron chi connectivity index (χ2n) is 18.4. The average Bonchev–Trinajstić information content (AvgIpc) is 3.93. The Bertz CT molecular complexity index is 3510. The average molecular weight is 828 g/mol. The number of anilines is 3. The molecule has 0 fully saturated rings. The van der Waals surface area contributed by atoms with Gasteiger partial charge in [-0.15, -0.1) is 0 Å². The molecular weight excluding hydrogens is 783 g/mol. The highest BCUT2D eigenvalue weighted by Crippen LogP contribution is 2.65. The van der Waals surface area contributed by atoms with Crippen molar-refractivity contribution in [1.29, 1.82) is 0 Å². The van der Waals surface area contributed by atoms with Gasteiger partial charge in [-0.05, 0) is 125 Å². The van der Waals surface area contributed by atoms with Gasteiger partial charge in [-0.1, -0.05) is 214 Å². The molecule has 306 valence electrons. The fraction of sp³-hybridized carbons (Fsp3) is 0.0625. The summed E-state index contributed by atoms with van der Waals surface area (Å²) in [6.45, 7) is 4.77. The summed E-state index contributed by atoms with van der Waals surface area (Å²) in [6, 6.07) is 88.4. The highest BCUT2D eigenvalue weighted by molar-refractivity contribution is 6.03. The topological polar surface area (TPSA) is 3.24 Å². The lowest BCUT2D eigenvalue weighted by molar-refractivity contribution is 0.660. The molecule has 1 nitrogen and oxygen atoms in total. The summed E-state index contributed by atoms with van der Waals surface area (Å²) in [5, 5.41) is 0. The molecule has 1 unspecified atom stereocenters. The third kappa shape index (κ3) is 5.39. The number of hydrogen-bond acceptors (Lipinski definition) is 1. The Labute approximate surface area is 381 Å². The molecule has 0 saturated carbocycles. The summed E-state index contributed by atoms with van der Waals surface area (Å²) >= 11 is 0. The van der Waals surface area contributed by atoms with Crippen molar-refractivity contribution in [1.82, 2.24) is 0 Å². The lowest BCUT2D eigenvalue weighted by atomic mass is 9.70. The molecule has 3 aliphatic rings. The molecule has 1 atom stereocenters. The third-order valence-electron chi connectivity index (χ3n) is 14.7. The number of fused-ring (bicyclic) bond motifs is 13. The van der Waals surface area contributed by atoms with Crippen LogP contribution in [0.4, 0.5) is 17.1 Å². The summed E-state index contributed by atoms with van der Waals surface area (Å²) in [5.41, 5.74) is 25.8. The summed E-state index contributed by atoms with van der Waals surface area (Å²) in [5.74, 6) is 0. The van der Waals surface area contributed by atoms with E-state index in [1.54, 1.807) is 0 Å². The van der Waals surface area contributed by atoms with E-state index in [1.165, 1.54) is 100 Å². The minimum atomic E-state index is -0.522. The number of nitrogens with zero attached hydrogens (tertiary/aromatic N) is 1. The van der Waals surface area contributed by atoms with E-state index in [9.17, 15) is 0 Å². The second-order valence-corrected chi connectivity index (χ2v) is 18.4. The van der Waals surface area contributed by atoms with Gasteiger partial charge in [0, 0.05) is 22.2 Å². The zero-order chi connectivity index (χ0) is 43.3. The molecule has 0 aromatic heterocycles. The Hall–Kier alpha value is -8.00. The van der Waals surface area contributed by atoms with Gasteiger partial charge >= 0.3 is 0 Å². The van der Waals surface area contributed by atoms with E-state index in [1.807, 2.05) is 0 Å². The van der Waals surface area contributed by atoms with Crippen LogP contribution in [0.5, 0.6) is 0 Å². The predicted molar refractivity (Wildman–Crippen MR) is 271 cm³/mol. The summed E-state index contributed by atoms with van der Waals surface area (Å²) in [7, 11) is 0. The van der Waals surface area contributed by atoms with Crippen molar-refractivity contribution in [3.05, 3.63) is 270 Å². The van der Waals surface area contributed by atoms with Gasteiger partial charge in [-0.25, -0.2) is 0 Å². The van der Waals surface area contributed by atoms with E-state index in [-0.39, 0.29) is 5.41 Å². The fourth-order valence-electron chi connectivity index (χ4n) is 11.8. The Balaban J connectivity index is 1.12. The van der Waals surface area contributed by atoms with E-state index in [0.29, 0.717) is 0 Å². The van der Waals surface area contributed by atoms with Crippen molar-refractivity contribution in [3.8, 4) is 66.8 Å². The molecule has 0 N–H and O–H groups in total. The second kappa shape index (κ2) is 14.3. The Morgan fingerprint density at radius 1 is 0.277 bits per heavy atom. The van der Waals surface area contributed by atoms with Crippen molar-refractivity contribution < 1.29 is 0 Å². The SMILES string of the molecule is CC1(C)c2ccccc2-c2ccc(N(c3ccc(-c4ccccc4)cc3-c3ccccc3)c3cccc4c3-c3ccccc3C43c4ccccc4-c4ccc(-c5ccccc5)cc43)cc21. The largest absolute Gasteiger partial charge is 0.309 e. The van der Waals surface area contributed by atoms with Crippen molar-refractivity contribution in [2.75, 3.05) is 4.90 Å². The van der Waals surface area contributed by atoms with Crippen LogP contribution in [0.3, 0.4) is 0 Å². The smallest absolute Gasteiger partial charge is 0.0726 e. The molecule has 65 heavy (non-hydrogen) atoms. The van der Waals surface area contributed by atoms with Crippen molar-refractivity contribution in [2.24, 2.45) is 0 Å². The van der Waals surface area contributed by atoms with Gasteiger partial charge in [0.2, 0.25) is 0 Å². The highest BCUT2D eigenvalue weighted by Gasteiger charge is 2.52. The van der Waals surface area contributed by atoms with E-state index >= 15 is 0 Å². The van der Waals surface area contributed by atoms with Crippen LogP contribution in [0.25, 0.3) is 66.8 Å². The zero-order valence-corrected chi connectivity index (χ0v) is 36.5. The van der Waals surface area contributed by atoms with Gasteiger partial charge in [0.15, 0.2) is 0 Å². The highest BCUT2D eigenvalue weighted by atomic mass is 15.1. The van der Waals surface area contributed by atoms with Gasteiger partial charge < -0.3 is 4.90 Å². The molecule has 1 spiro atoms. The first-order chi connectivity index (χ1) is 32.0. The van der Waals surface area contributed by atoms with Crippen LogP contribution >= 0.6 is 0 Å². The van der Waals surface area contributed by atoms with Crippen LogP contribution in [-0.4, -0.2) is 0 Å². The first kappa shape index (κ1) is 37.5. The molecule has 3 aliphatic carbocycles. The summed E-state index contributed by atoms with van der Waals surface area (Å²) in [6.07, 6.45) is 0. The minimum absolute atomic E-state index is 0.171. The van der Waals surface area contributed by atoms with Gasteiger partial charge in [-0.2, -0.15) is 0 Å². The quantitative estimate of drug-likeness (QED) is 0.161. The van der Waals surface area contributed by atoms with Crippen molar-refractivity contribution >= 4 is 17.1 Å². The lowest BCUT2D eigenvalue weighted by Gasteiger charge is -2.33. The molecule has 10 aromatic rings. The Morgan fingerprint density at radius 2 is 0.769 bits per heavy atom. The molecule has 0 radical (unpaired) electrons. The van der Waals surface area contributed by atoms with Crippen molar-refractivity contribution in [2.45, 2.75) is 24.7 Å². The number of benzene rings is 10. The van der Waals surface area contributed by atoms with Crippen LogP contribution in [0, 0.1) is 0 Å². The van der Waals surface area contributed by atoms with Crippen LogP contribution in [0.15, 0.2) is 237 Å². The summed E-state index contributed by atoms with van der Waals surface area (Å²) < 4.78 is 0. The molecule has 13 rings (SSSR count). The van der Waals surface area contributed by atoms with E-state index in [4.69, 9.17) is 0 Å². The molecule has 0 aliphatic heterocycles. The molecule has 0 bridgehead atoms. The molecule has 0 saturated heterocycles. The van der Waals surface area contributed by atoms with Crippen LogP contribution < -0.4 is 4.90 Å². The van der Waals surface area contributed by atoms with Gasteiger partial charge in [0.05, 0.1) is 16.8 Å². The first-order valence-corrected chi connectivity index (χ1v) is 22.8. The number of rotatable bonds is 6. The third-order valence-corrected chi connectivity index (χ3v) is 14.7. The first-order valence-electron chi connectivity index (χ1n) is 22.8. The van der Waals surface area contributed by atoms with Gasteiger partial charge in [-0.3, -0.25) is 0 Å². The standard InChI is InChI=1S/C64H45N/c1-63(2)54-28-15-12-25-48(54)50-37-35-47(41-58(50)63)65(60-38-34-45(42-19-6-3-7-20-42)39-53(60)44-23-10-5-11-24-44)61-32-18-31-57-62(61)52-27-14-17-30-56(52)64(57)55-29-16-13-26-49(55)51-36-33-46(40-59(51)64)43-21-8-4-9-22-43/h3-41H,1-2H3. The molecule has 0 heterocycles. The lowest BCUT2D eigenvalue weighted by Crippen LogP contribution is -2.26. The normalized spacial score (nSPS) is 15.4. The zero-order valence-electron chi connectivity index (χ0n) is 36.5. The van der Waals surface area contributed by atoms with E-state index in [2.05, 4.69) is 255 Å². The maximum atomic E-state index is 2.58. The number of hydrogen-bond donors (Lipinski definition) is 0. The Morgan fingerprint density at radius 3 is 1.46 bits per heavy atom. The van der Waals surface area contributed by atoms with Crippen LogP contribution in [0.2, 0.25) is 0 Å². The van der Waals surface area contributed by atoms with Gasteiger partial charge in [0.25, 0.3) is 0 Å². The Kier molecular flexibility index (Phi) is 8.24. The molecule has 1 heteroatoms. The predicted octanol–water partition coefficient (Wildman–Crippen LogP) is 16.8. The van der Waals surface area contributed by atoms with E-state index < -0.39 is 5.41 Å². The van der Waals surface area contributed by atoms with Crippen LogP contribution in [0.1, 0.15) is 47.2 Å². The fourth-order valence-corrected chi connectivity index (χ4v) is 11.8. The monoisotopic (exact) mass is 827 g/mol. The van der Waals surface area contributed by atoms with Gasteiger partial charge in [0.1, 0.15) is 0 Å².